The molecule has 10 nitrogen and oxygen atoms in total. The molecule has 2 saturated heterocycles. The smallest absolute Gasteiger partial charge is 0.229 e. The van der Waals surface area contributed by atoms with Gasteiger partial charge in [-0.3, -0.25) is 4.57 Å². The lowest BCUT2D eigenvalue weighted by Gasteiger charge is -2.39. The third-order valence-electron chi connectivity index (χ3n) is 7.43. The molecule has 0 amide bonds. The van der Waals surface area contributed by atoms with Crippen LogP contribution in [0.15, 0.2) is 60.9 Å². The number of hydrogen-bond acceptors (Lipinski definition) is 9. The minimum Gasteiger partial charge on any atom is -0.394 e. The minimum absolute atomic E-state index is 0.406. The van der Waals surface area contributed by atoms with E-state index in [9.17, 15) is 15.3 Å². The van der Waals surface area contributed by atoms with Crippen LogP contribution in [0, 0.1) is 5.92 Å². The molecule has 4 aromatic rings. The second-order valence-electron chi connectivity index (χ2n) is 10.2. The number of aromatic nitrogens is 4. The number of imidazole rings is 1. The summed E-state index contributed by atoms with van der Waals surface area (Å²) in [4.78, 5) is 16.3. The van der Waals surface area contributed by atoms with Gasteiger partial charge >= 0.3 is 0 Å². The molecular formula is C28H31ClN6O4. The molecule has 4 atom stereocenters. The zero-order chi connectivity index (χ0) is 26.9. The molecule has 2 aromatic heterocycles. The summed E-state index contributed by atoms with van der Waals surface area (Å²) in [6, 6.07) is 18.1. The topological polar surface area (TPSA) is 129 Å². The van der Waals surface area contributed by atoms with Crippen molar-refractivity contribution in [2.45, 2.75) is 37.4 Å². The van der Waals surface area contributed by atoms with E-state index in [-0.39, 0.29) is 0 Å². The summed E-state index contributed by atoms with van der Waals surface area (Å²) in [5.74, 6) is 1.62. The van der Waals surface area contributed by atoms with E-state index < -0.39 is 31.1 Å². The molecule has 2 fully saturated rings. The van der Waals surface area contributed by atoms with Crippen LogP contribution in [-0.4, -0.2) is 79.4 Å². The van der Waals surface area contributed by atoms with E-state index in [4.69, 9.17) is 26.3 Å². The number of nitrogens with one attached hydrogen (secondary N) is 1. The Bertz CT molecular complexity index is 1410. The second kappa shape index (κ2) is 11.1. The lowest BCUT2D eigenvalue weighted by Crippen LogP contribution is -2.48. The van der Waals surface area contributed by atoms with Crippen molar-refractivity contribution in [2.75, 3.05) is 36.5 Å². The molecule has 2 aliphatic heterocycles. The van der Waals surface area contributed by atoms with Crippen molar-refractivity contribution in [2.24, 2.45) is 5.92 Å². The third-order valence-corrected chi connectivity index (χ3v) is 7.68. The summed E-state index contributed by atoms with van der Waals surface area (Å²) >= 11 is 6.03. The van der Waals surface area contributed by atoms with E-state index in [1.165, 1.54) is 17.5 Å². The van der Waals surface area contributed by atoms with E-state index in [2.05, 4.69) is 39.5 Å². The molecule has 0 aliphatic carbocycles. The molecule has 11 heteroatoms. The largest absolute Gasteiger partial charge is 0.394 e. The van der Waals surface area contributed by atoms with Crippen molar-refractivity contribution in [1.82, 2.24) is 19.5 Å². The van der Waals surface area contributed by atoms with Crippen molar-refractivity contribution in [3.05, 3.63) is 77.1 Å². The average molecular weight is 551 g/mol. The van der Waals surface area contributed by atoms with Crippen LogP contribution in [0.3, 0.4) is 0 Å². The highest BCUT2D eigenvalue weighted by Gasteiger charge is 2.44. The normalized spacial score (nSPS) is 23.3. The van der Waals surface area contributed by atoms with Crippen LogP contribution in [0.4, 0.5) is 11.8 Å². The Morgan fingerprint density at radius 1 is 0.974 bits per heavy atom. The van der Waals surface area contributed by atoms with Gasteiger partial charge in [-0.15, -0.1) is 0 Å². The number of benzene rings is 2. The quantitative estimate of drug-likeness (QED) is 0.248. The van der Waals surface area contributed by atoms with Crippen LogP contribution in [0.25, 0.3) is 11.2 Å². The summed E-state index contributed by atoms with van der Waals surface area (Å²) in [6.07, 6.45) is -0.993. The summed E-state index contributed by atoms with van der Waals surface area (Å²) in [6.45, 7) is 1.85. The lowest BCUT2D eigenvalue weighted by atomic mass is 9.92. The summed E-state index contributed by atoms with van der Waals surface area (Å²) in [7, 11) is 0. The Kier molecular flexibility index (Phi) is 7.37. The van der Waals surface area contributed by atoms with Gasteiger partial charge in [0.25, 0.3) is 0 Å². The van der Waals surface area contributed by atoms with Crippen LogP contribution < -0.4 is 10.2 Å². The maximum atomic E-state index is 10.6. The number of aliphatic hydroxyl groups is 3. The molecule has 0 saturated carbocycles. The van der Waals surface area contributed by atoms with Crippen molar-refractivity contribution >= 4 is 34.5 Å². The monoisotopic (exact) mass is 550 g/mol. The van der Waals surface area contributed by atoms with Gasteiger partial charge in [-0.05, 0) is 42.0 Å². The highest BCUT2D eigenvalue weighted by molar-refractivity contribution is 6.30. The van der Waals surface area contributed by atoms with Gasteiger partial charge in [-0.25, -0.2) is 4.98 Å². The Morgan fingerprint density at radius 3 is 2.46 bits per heavy atom. The number of anilines is 2. The van der Waals surface area contributed by atoms with Crippen molar-refractivity contribution < 1.29 is 20.1 Å². The number of halogens is 1. The van der Waals surface area contributed by atoms with Gasteiger partial charge in [-0.1, -0.05) is 54.1 Å². The first-order chi connectivity index (χ1) is 19.0. The van der Waals surface area contributed by atoms with Gasteiger partial charge in [0.15, 0.2) is 23.2 Å². The van der Waals surface area contributed by atoms with Crippen LogP contribution in [0.1, 0.15) is 17.4 Å². The van der Waals surface area contributed by atoms with E-state index in [0.717, 1.165) is 31.0 Å². The van der Waals surface area contributed by atoms with Gasteiger partial charge in [0.2, 0.25) is 5.95 Å². The molecule has 0 radical (unpaired) electrons. The molecule has 4 heterocycles. The first-order valence-corrected chi connectivity index (χ1v) is 13.5. The van der Waals surface area contributed by atoms with E-state index in [0.29, 0.717) is 35.4 Å². The predicted molar refractivity (Wildman–Crippen MR) is 148 cm³/mol. The van der Waals surface area contributed by atoms with Crippen molar-refractivity contribution in [1.29, 1.82) is 0 Å². The summed E-state index contributed by atoms with van der Waals surface area (Å²) < 4.78 is 7.38. The van der Waals surface area contributed by atoms with Crippen molar-refractivity contribution in [3.8, 4) is 0 Å². The standard InChI is InChI=1S/C28H31ClN6O4/c29-20-8-6-18(7-9-20)12-19-13-34(14-19)28-32-25(30-11-10-17-4-2-1-3-5-17)22-26(33-28)35(16-31-22)27-24(38)23(37)21(15-36)39-27/h1-9,16,19,21,23-24,27,36-38H,10-15H2,(H,30,32,33)/t21-,23-,24-,27-/m1/s1. The molecule has 2 aliphatic rings. The zero-order valence-corrected chi connectivity index (χ0v) is 22.0. The van der Waals surface area contributed by atoms with Gasteiger partial charge in [0, 0.05) is 24.7 Å². The second-order valence-corrected chi connectivity index (χ2v) is 10.6. The third kappa shape index (κ3) is 5.30. The molecule has 39 heavy (non-hydrogen) atoms. The van der Waals surface area contributed by atoms with Crippen molar-refractivity contribution in [3.63, 3.8) is 0 Å². The molecule has 0 bridgehead atoms. The van der Waals surface area contributed by atoms with E-state index in [1.54, 1.807) is 4.57 Å². The number of aliphatic hydroxyl groups excluding tert-OH is 3. The number of fused-ring (bicyclic) bond motifs is 1. The molecule has 2 aromatic carbocycles. The first-order valence-electron chi connectivity index (χ1n) is 13.1. The first kappa shape index (κ1) is 26.0. The Morgan fingerprint density at radius 2 is 1.74 bits per heavy atom. The molecule has 204 valence electrons. The number of hydrogen-bond donors (Lipinski definition) is 4. The number of ether oxygens (including phenoxy) is 1. The fourth-order valence-corrected chi connectivity index (χ4v) is 5.38. The highest BCUT2D eigenvalue weighted by atomic mass is 35.5. The Labute approximate surface area is 230 Å². The summed E-state index contributed by atoms with van der Waals surface area (Å²) in [5, 5.41) is 34.6. The lowest BCUT2D eigenvalue weighted by molar-refractivity contribution is -0.0511. The van der Waals surface area contributed by atoms with Crippen LogP contribution in [-0.2, 0) is 17.6 Å². The molecule has 6 rings (SSSR count). The molecule has 4 N–H and O–H groups in total. The van der Waals surface area contributed by atoms with Crippen LogP contribution in [0.2, 0.25) is 5.02 Å². The van der Waals surface area contributed by atoms with Gasteiger partial charge in [0.1, 0.15) is 18.3 Å². The maximum Gasteiger partial charge on any atom is 0.229 e. The average Bonchev–Trinajstić information content (AvgIpc) is 3.48. The summed E-state index contributed by atoms with van der Waals surface area (Å²) in [5.41, 5.74) is 3.48. The van der Waals surface area contributed by atoms with Crippen LogP contribution >= 0.6 is 11.6 Å². The predicted octanol–water partition coefficient (Wildman–Crippen LogP) is 2.42. The fraction of sp³-hybridized carbons (Fsp3) is 0.393. The maximum absolute atomic E-state index is 10.6. The van der Waals surface area contributed by atoms with Gasteiger partial charge in [0.05, 0.1) is 12.9 Å². The Balaban J connectivity index is 1.25. The fourth-order valence-electron chi connectivity index (χ4n) is 5.25. The number of rotatable bonds is 9. The molecule has 0 unspecified atom stereocenters. The number of nitrogens with zero attached hydrogens (tertiary/aromatic N) is 5. The molecule has 0 spiro atoms. The SMILES string of the molecule is OC[C@H]1O[C@@H](n2cnc3c(NCCc4ccccc4)nc(N4CC(Cc5ccc(Cl)cc5)C4)nc32)[C@H](O)[C@@H]1O. The van der Waals surface area contributed by atoms with E-state index >= 15 is 0 Å². The Hall–Kier alpha value is -3.28. The van der Waals surface area contributed by atoms with Gasteiger partial charge in [-0.2, -0.15) is 9.97 Å². The van der Waals surface area contributed by atoms with Crippen LogP contribution in [0.5, 0.6) is 0 Å². The zero-order valence-electron chi connectivity index (χ0n) is 21.3. The molecular weight excluding hydrogens is 520 g/mol. The highest BCUT2D eigenvalue weighted by Crippen LogP contribution is 2.34. The minimum atomic E-state index is -1.24. The van der Waals surface area contributed by atoms with E-state index in [1.807, 2.05) is 30.3 Å². The van der Waals surface area contributed by atoms with Gasteiger partial charge < -0.3 is 30.3 Å².